The number of hydrogen-bond acceptors (Lipinski definition) is 1. The van der Waals surface area contributed by atoms with Crippen LogP contribution in [0.2, 0.25) is 5.02 Å². The van der Waals surface area contributed by atoms with E-state index in [9.17, 15) is 4.79 Å². The Kier molecular flexibility index (Phi) is 15.0. The van der Waals surface area contributed by atoms with Crippen LogP contribution in [0.4, 0.5) is 0 Å². The number of aldehydes is 1. The van der Waals surface area contributed by atoms with Crippen LogP contribution in [0.5, 0.6) is 0 Å². The van der Waals surface area contributed by atoms with Crippen molar-refractivity contribution in [2.24, 2.45) is 0 Å². The summed E-state index contributed by atoms with van der Waals surface area (Å²) in [6, 6.07) is 17.9. The van der Waals surface area contributed by atoms with Crippen molar-refractivity contribution >= 4 is 29.5 Å². The largest absolute Gasteiger partial charge is 0.299 e. The lowest BCUT2D eigenvalue weighted by Gasteiger charge is -2.02. The molecule has 0 amide bonds. The number of rotatable bonds is 6. The highest BCUT2D eigenvalue weighted by molar-refractivity contribution is 6.30. The molecule has 0 unspecified atom stereocenters. The molecule has 0 aliphatic carbocycles. The van der Waals surface area contributed by atoms with E-state index in [2.05, 4.69) is 24.3 Å². The molecule has 2 aromatic carbocycles. The van der Waals surface area contributed by atoms with Gasteiger partial charge in [0.25, 0.3) is 0 Å². The summed E-state index contributed by atoms with van der Waals surface area (Å²) in [5, 5.41) is 0.728. The second-order valence-electron chi connectivity index (χ2n) is 5.28. The van der Waals surface area contributed by atoms with E-state index in [1.54, 1.807) is 0 Å². The van der Waals surface area contributed by atoms with Crippen LogP contribution in [0.3, 0.4) is 0 Å². The lowest BCUT2D eigenvalue weighted by Crippen LogP contribution is -1.80. The van der Waals surface area contributed by atoms with Crippen molar-refractivity contribution in [3.63, 3.8) is 0 Å². The van der Waals surface area contributed by atoms with Crippen LogP contribution < -0.4 is 0 Å². The predicted molar refractivity (Wildman–Crippen MR) is 127 cm³/mol. The molecule has 28 heavy (non-hydrogen) atoms. The molecule has 0 spiro atoms. The van der Waals surface area contributed by atoms with Gasteiger partial charge in [-0.2, -0.15) is 0 Å². The Morgan fingerprint density at radius 3 is 2.00 bits per heavy atom. The van der Waals surface area contributed by atoms with Crippen molar-refractivity contribution in [3.05, 3.63) is 107 Å². The van der Waals surface area contributed by atoms with Gasteiger partial charge in [-0.25, -0.2) is 0 Å². The van der Waals surface area contributed by atoms with Crippen molar-refractivity contribution in [3.8, 4) is 0 Å². The van der Waals surface area contributed by atoms with E-state index >= 15 is 0 Å². The molecule has 0 radical (unpaired) electrons. The topological polar surface area (TPSA) is 17.1 Å². The standard InChI is InChI=1S/C22H19ClO.2C2H6/c1-18(16-17-24)6-5-9-21(20-7-3-2-4-8-20)13-10-19-11-14-22(23)15-12-19;2*1-2/h2-17H,1H3;2*1-2H3/b6-5+,13-10+,18-16-,21-9-;;. The number of allylic oxidation sites excluding steroid dienone is 7. The Hall–Kier alpha value is -2.64. The second-order valence-corrected chi connectivity index (χ2v) is 5.72. The highest BCUT2D eigenvalue weighted by Gasteiger charge is 1.96. The van der Waals surface area contributed by atoms with Gasteiger partial charge in [0.2, 0.25) is 0 Å². The Morgan fingerprint density at radius 2 is 1.43 bits per heavy atom. The normalized spacial score (nSPS) is 11.5. The molecule has 0 aliphatic heterocycles. The fourth-order valence-electron chi connectivity index (χ4n) is 2.10. The van der Waals surface area contributed by atoms with Crippen molar-refractivity contribution in [1.29, 1.82) is 0 Å². The Balaban J connectivity index is 0.00000171. The molecule has 0 atom stereocenters. The third-order valence-electron chi connectivity index (χ3n) is 3.40. The van der Waals surface area contributed by atoms with Gasteiger partial charge >= 0.3 is 0 Å². The van der Waals surface area contributed by atoms with Crippen molar-refractivity contribution < 1.29 is 4.79 Å². The molecule has 0 saturated heterocycles. The molecular weight excluding hydrogens is 364 g/mol. The average molecular weight is 395 g/mol. The van der Waals surface area contributed by atoms with Crippen LogP contribution in [-0.4, -0.2) is 6.29 Å². The summed E-state index contributed by atoms with van der Waals surface area (Å²) in [5.41, 5.74) is 4.21. The van der Waals surface area contributed by atoms with Crippen molar-refractivity contribution in [1.82, 2.24) is 0 Å². The fourth-order valence-corrected chi connectivity index (χ4v) is 2.23. The molecule has 0 fully saturated rings. The van der Waals surface area contributed by atoms with E-state index < -0.39 is 0 Å². The number of carbonyl (C=O) groups is 1. The lowest BCUT2D eigenvalue weighted by atomic mass is 10.0. The van der Waals surface area contributed by atoms with Gasteiger partial charge < -0.3 is 0 Å². The van der Waals surface area contributed by atoms with Gasteiger partial charge in [0.1, 0.15) is 6.29 Å². The minimum Gasteiger partial charge on any atom is -0.299 e. The van der Waals surface area contributed by atoms with Gasteiger partial charge in [0.15, 0.2) is 0 Å². The number of carbonyl (C=O) groups excluding carboxylic acids is 1. The zero-order valence-corrected chi connectivity index (χ0v) is 18.3. The zero-order chi connectivity index (χ0) is 21.2. The second kappa shape index (κ2) is 16.5. The molecule has 0 heterocycles. The third kappa shape index (κ3) is 10.5. The maximum Gasteiger partial charge on any atom is 0.143 e. The molecule has 2 rings (SSSR count). The minimum atomic E-state index is 0.728. The molecule has 0 aliphatic rings. The molecule has 0 bridgehead atoms. The van der Waals surface area contributed by atoms with E-state index in [1.165, 1.54) is 6.08 Å². The van der Waals surface area contributed by atoms with Crippen LogP contribution in [0.25, 0.3) is 11.6 Å². The summed E-state index contributed by atoms with van der Waals surface area (Å²) in [4.78, 5) is 10.5. The molecular formula is C26H31ClO. The summed E-state index contributed by atoms with van der Waals surface area (Å²) in [7, 11) is 0. The van der Waals surface area contributed by atoms with E-state index in [-0.39, 0.29) is 0 Å². The predicted octanol–water partition coefficient (Wildman–Crippen LogP) is 8.19. The van der Waals surface area contributed by atoms with Crippen LogP contribution in [0.15, 0.2) is 90.6 Å². The van der Waals surface area contributed by atoms with Crippen molar-refractivity contribution in [2.45, 2.75) is 34.6 Å². The Bertz CT molecular complexity index is 779. The summed E-state index contributed by atoms with van der Waals surface area (Å²) in [5.74, 6) is 0. The zero-order valence-electron chi connectivity index (χ0n) is 17.5. The number of halogens is 1. The van der Waals surface area contributed by atoms with Gasteiger partial charge in [-0.15, -0.1) is 0 Å². The lowest BCUT2D eigenvalue weighted by molar-refractivity contribution is -0.104. The summed E-state index contributed by atoms with van der Waals surface area (Å²) < 4.78 is 0. The van der Waals surface area contributed by atoms with E-state index in [0.717, 1.165) is 33.6 Å². The number of benzene rings is 2. The molecule has 0 saturated carbocycles. The first-order chi connectivity index (χ1) is 13.7. The molecule has 1 nitrogen and oxygen atoms in total. The minimum absolute atomic E-state index is 0.728. The first-order valence-electron chi connectivity index (χ1n) is 9.68. The number of hydrogen-bond donors (Lipinski definition) is 0. The first-order valence-corrected chi connectivity index (χ1v) is 10.1. The summed E-state index contributed by atoms with van der Waals surface area (Å²) >= 11 is 5.92. The van der Waals surface area contributed by atoms with Gasteiger partial charge in [-0.05, 0) is 47.4 Å². The maximum atomic E-state index is 10.5. The summed E-state index contributed by atoms with van der Waals surface area (Å²) in [6.45, 7) is 9.89. The molecule has 0 N–H and O–H groups in total. The maximum absolute atomic E-state index is 10.5. The van der Waals surface area contributed by atoms with E-state index in [0.29, 0.717) is 0 Å². The third-order valence-corrected chi connectivity index (χ3v) is 3.65. The van der Waals surface area contributed by atoms with E-state index in [1.807, 2.05) is 95.3 Å². The smallest absolute Gasteiger partial charge is 0.143 e. The fraction of sp³-hybridized carbons (Fsp3) is 0.192. The van der Waals surface area contributed by atoms with Crippen LogP contribution in [0, 0.1) is 0 Å². The highest BCUT2D eigenvalue weighted by Crippen LogP contribution is 2.18. The van der Waals surface area contributed by atoms with Crippen LogP contribution >= 0.6 is 11.6 Å². The van der Waals surface area contributed by atoms with Gasteiger partial charge in [-0.1, -0.05) is 112 Å². The van der Waals surface area contributed by atoms with Crippen LogP contribution in [-0.2, 0) is 4.79 Å². The molecule has 2 aromatic rings. The first kappa shape index (κ1) is 25.4. The quantitative estimate of drug-likeness (QED) is 0.274. The van der Waals surface area contributed by atoms with Gasteiger partial charge in [-0.3, -0.25) is 4.79 Å². The SMILES string of the molecule is CC.CC.CC(=C/C=O)/C=C/C=C(/C=C/c1ccc(Cl)cc1)c1ccccc1. The van der Waals surface area contributed by atoms with Crippen molar-refractivity contribution in [2.75, 3.05) is 0 Å². The van der Waals surface area contributed by atoms with Gasteiger partial charge in [0.05, 0.1) is 0 Å². The van der Waals surface area contributed by atoms with Gasteiger partial charge in [0, 0.05) is 5.02 Å². The molecule has 148 valence electrons. The summed E-state index contributed by atoms with van der Waals surface area (Å²) in [6.07, 6.45) is 12.3. The Labute approximate surface area is 175 Å². The van der Waals surface area contributed by atoms with Crippen LogP contribution in [0.1, 0.15) is 45.7 Å². The van der Waals surface area contributed by atoms with E-state index in [4.69, 9.17) is 11.6 Å². The molecule has 0 aromatic heterocycles. The highest BCUT2D eigenvalue weighted by atomic mass is 35.5. The Morgan fingerprint density at radius 1 is 0.821 bits per heavy atom. The monoisotopic (exact) mass is 394 g/mol. The molecule has 2 heteroatoms. The average Bonchev–Trinajstić information content (AvgIpc) is 2.75.